The second-order valence-corrected chi connectivity index (χ2v) is 6.03. The number of aromatic nitrogens is 2. The lowest BCUT2D eigenvalue weighted by atomic mass is 9.99. The van der Waals surface area contributed by atoms with E-state index in [2.05, 4.69) is 10.1 Å². The molecular weight excluding hydrogens is 288 g/mol. The first kappa shape index (κ1) is 14.3. The van der Waals surface area contributed by atoms with Crippen LogP contribution in [0.3, 0.4) is 0 Å². The minimum atomic E-state index is -0.454. The Bertz CT molecular complexity index is 608. The van der Waals surface area contributed by atoms with E-state index in [1.165, 1.54) is 0 Å². The molecule has 2 aromatic rings. The first-order chi connectivity index (χ1) is 10.3. The molecule has 0 saturated carbocycles. The fourth-order valence-electron chi connectivity index (χ4n) is 2.16. The average molecular weight is 304 g/mol. The Hall–Kier alpha value is -1.66. The third-order valence-corrected chi connectivity index (χ3v) is 4.38. The highest BCUT2D eigenvalue weighted by Gasteiger charge is 2.27. The summed E-state index contributed by atoms with van der Waals surface area (Å²) in [7, 11) is 0. The average Bonchev–Trinajstić information content (AvgIpc) is 3.05. The number of thioether (sulfide) groups is 1. The first-order valence-electron chi connectivity index (χ1n) is 6.88. The molecule has 6 heteroatoms. The summed E-state index contributed by atoms with van der Waals surface area (Å²) in [6, 6.07) is 9.14. The lowest BCUT2D eigenvalue weighted by Crippen LogP contribution is -2.17. The Kier molecular flexibility index (Phi) is 4.36. The second kappa shape index (κ2) is 6.41. The van der Waals surface area contributed by atoms with E-state index in [0.717, 1.165) is 11.5 Å². The van der Waals surface area contributed by atoms with Crippen molar-refractivity contribution in [2.75, 3.05) is 18.1 Å². The predicted molar refractivity (Wildman–Crippen MR) is 79.5 cm³/mol. The summed E-state index contributed by atoms with van der Waals surface area (Å²) in [6.07, 6.45) is -0.139. The quantitative estimate of drug-likeness (QED) is 0.809. The molecule has 2 atom stereocenters. The van der Waals surface area contributed by atoms with Crippen molar-refractivity contribution in [1.82, 2.24) is 10.1 Å². The molecule has 2 unspecified atom stereocenters. The van der Waals surface area contributed by atoms with Gasteiger partial charge in [-0.25, -0.2) is 0 Å². The normalized spacial score (nSPS) is 20.1. The molecule has 0 spiro atoms. The molecule has 1 aliphatic heterocycles. The molecule has 110 valence electrons. The summed E-state index contributed by atoms with van der Waals surface area (Å²) in [5.41, 5.74) is 0.647. The minimum absolute atomic E-state index is 0.0234. The number of carbonyl (C=O) groups is 1. The van der Waals surface area contributed by atoms with Gasteiger partial charge in [-0.1, -0.05) is 35.5 Å². The Balaban J connectivity index is 1.74. The third kappa shape index (κ3) is 3.16. The predicted octanol–water partition coefficient (Wildman–Crippen LogP) is 2.86. The van der Waals surface area contributed by atoms with Crippen molar-refractivity contribution in [3.05, 3.63) is 47.6 Å². The van der Waals surface area contributed by atoms with Gasteiger partial charge in [-0.15, -0.1) is 0 Å². The van der Waals surface area contributed by atoms with Crippen LogP contribution in [-0.2, 0) is 4.74 Å². The van der Waals surface area contributed by atoms with Crippen LogP contribution in [0.25, 0.3) is 0 Å². The van der Waals surface area contributed by atoms with Crippen molar-refractivity contribution >= 4 is 17.5 Å². The van der Waals surface area contributed by atoms with Crippen LogP contribution in [-0.4, -0.2) is 34.0 Å². The van der Waals surface area contributed by atoms with Gasteiger partial charge in [-0.3, -0.25) is 4.79 Å². The second-order valence-electron chi connectivity index (χ2n) is 4.88. The zero-order valence-electron chi connectivity index (χ0n) is 11.7. The number of hydrogen-bond donors (Lipinski definition) is 0. The lowest BCUT2D eigenvalue weighted by Gasteiger charge is -2.18. The smallest absolute Gasteiger partial charge is 0.237 e. The fraction of sp³-hybridized carbons (Fsp3) is 0.400. The van der Waals surface area contributed by atoms with Crippen molar-refractivity contribution in [1.29, 1.82) is 0 Å². The van der Waals surface area contributed by atoms with Crippen LogP contribution in [0.2, 0.25) is 0 Å². The van der Waals surface area contributed by atoms with Gasteiger partial charge in [0, 0.05) is 17.1 Å². The van der Waals surface area contributed by atoms with E-state index < -0.39 is 5.92 Å². The zero-order chi connectivity index (χ0) is 14.7. The van der Waals surface area contributed by atoms with Gasteiger partial charge in [0.2, 0.25) is 11.7 Å². The summed E-state index contributed by atoms with van der Waals surface area (Å²) in [5.74, 6) is 2.21. The molecule has 5 nitrogen and oxygen atoms in total. The molecule has 1 aromatic heterocycles. The van der Waals surface area contributed by atoms with Crippen LogP contribution >= 0.6 is 11.8 Å². The van der Waals surface area contributed by atoms with Crippen LogP contribution in [0.1, 0.15) is 41.0 Å². The van der Waals surface area contributed by atoms with Gasteiger partial charge in [0.1, 0.15) is 6.10 Å². The maximum Gasteiger partial charge on any atom is 0.237 e. The van der Waals surface area contributed by atoms with Gasteiger partial charge in [0.15, 0.2) is 5.78 Å². The Labute approximate surface area is 127 Å². The number of nitrogens with zero attached hydrogens (tertiary/aromatic N) is 2. The topological polar surface area (TPSA) is 65.2 Å². The van der Waals surface area contributed by atoms with Crippen molar-refractivity contribution in [2.24, 2.45) is 0 Å². The summed E-state index contributed by atoms with van der Waals surface area (Å²) in [5, 5.41) is 3.96. The molecule has 3 rings (SSSR count). The molecule has 0 radical (unpaired) electrons. The van der Waals surface area contributed by atoms with Gasteiger partial charge in [-0.05, 0) is 6.92 Å². The van der Waals surface area contributed by atoms with Crippen LogP contribution < -0.4 is 0 Å². The highest BCUT2D eigenvalue weighted by atomic mass is 32.2. The third-order valence-electron chi connectivity index (χ3n) is 3.38. The molecular formula is C15H16N2O3S. The van der Waals surface area contributed by atoms with Gasteiger partial charge in [0.05, 0.1) is 12.5 Å². The summed E-state index contributed by atoms with van der Waals surface area (Å²) >= 11 is 1.81. The number of hydrogen-bond acceptors (Lipinski definition) is 6. The number of benzene rings is 1. The molecule has 0 amide bonds. The van der Waals surface area contributed by atoms with E-state index in [0.29, 0.717) is 23.9 Å². The van der Waals surface area contributed by atoms with Crippen LogP contribution in [0.4, 0.5) is 0 Å². The van der Waals surface area contributed by atoms with Gasteiger partial charge in [0.25, 0.3) is 0 Å². The molecule has 0 bridgehead atoms. The number of Topliss-reactive ketones (excluding diaryl/α,β-unsaturated/α-hetero) is 1. The number of rotatable bonds is 4. The van der Waals surface area contributed by atoms with Gasteiger partial charge < -0.3 is 9.26 Å². The highest BCUT2D eigenvalue weighted by molar-refractivity contribution is 7.99. The summed E-state index contributed by atoms with van der Waals surface area (Å²) < 4.78 is 10.9. The highest BCUT2D eigenvalue weighted by Crippen LogP contribution is 2.26. The first-order valence-corrected chi connectivity index (χ1v) is 8.03. The van der Waals surface area contributed by atoms with Crippen molar-refractivity contribution < 1.29 is 14.1 Å². The number of ketones is 1. The molecule has 2 heterocycles. The van der Waals surface area contributed by atoms with Gasteiger partial charge in [-0.2, -0.15) is 16.7 Å². The maximum atomic E-state index is 12.4. The SMILES string of the molecule is CC(C(=O)c1ccccc1)c1nc(C2CSCCO2)no1. The minimum Gasteiger partial charge on any atom is -0.368 e. The van der Waals surface area contributed by atoms with Crippen LogP contribution in [0.15, 0.2) is 34.9 Å². The molecule has 1 aromatic carbocycles. The van der Waals surface area contributed by atoms with E-state index in [1.54, 1.807) is 30.8 Å². The molecule has 21 heavy (non-hydrogen) atoms. The van der Waals surface area contributed by atoms with Crippen molar-refractivity contribution in [3.63, 3.8) is 0 Å². The summed E-state index contributed by atoms with van der Waals surface area (Å²) in [6.45, 7) is 2.47. The fourth-order valence-corrected chi connectivity index (χ4v) is 3.00. The monoisotopic (exact) mass is 304 g/mol. The Morgan fingerprint density at radius 1 is 1.38 bits per heavy atom. The molecule has 1 saturated heterocycles. The van der Waals surface area contributed by atoms with Crippen molar-refractivity contribution in [2.45, 2.75) is 18.9 Å². The maximum absolute atomic E-state index is 12.4. The molecule has 0 N–H and O–H groups in total. The molecule has 1 fully saturated rings. The van der Waals surface area contributed by atoms with Crippen LogP contribution in [0, 0.1) is 0 Å². The number of carbonyl (C=O) groups excluding carboxylic acids is 1. The van der Waals surface area contributed by atoms with E-state index >= 15 is 0 Å². The zero-order valence-corrected chi connectivity index (χ0v) is 12.5. The Morgan fingerprint density at radius 2 is 2.19 bits per heavy atom. The lowest BCUT2D eigenvalue weighted by molar-refractivity contribution is 0.0677. The standard InChI is InChI=1S/C15H16N2O3S/c1-10(13(18)11-5-3-2-4-6-11)15-16-14(17-20-15)12-9-21-8-7-19-12/h2-6,10,12H,7-9H2,1H3. The number of ether oxygens (including phenoxy) is 1. The van der Waals surface area contributed by atoms with E-state index in [9.17, 15) is 4.79 Å². The van der Waals surface area contributed by atoms with Crippen LogP contribution in [0.5, 0.6) is 0 Å². The molecule has 1 aliphatic rings. The van der Waals surface area contributed by atoms with Crippen molar-refractivity contribution in [3.8, 4) is 0 Å². The summed E-state index contributed by atoms with van der Waals surface area (Å²) in [4.78, 5) is 16.7. The van der Waals surface area contributed by atoms with E-state index in [4.69, 9.17) is 9.26 Å². The largest absolute Gasteiger partial charge is 0.368 e. The van der Waals surface area contributed by atoms with Gasteiger partial charge >= 0.3 is 0 Å². The van der Waals surface area contributed by atoms with E-state index in [1.807, 2.05) is 18.2 Å². The Morgan fingerprint density at radius 3 is 2.90 bits per heavy atom. The van der Waals surface area contributed by atoms with E-state index in [-0.39, 0.29) is 11.9 Å². The molecule has 0 aliphatic carbocycles.